The Balaban J connectivity index is 1.81. The van der Waals surface area contributed by atoms with Gasteiger partial charge >= 0.3 is 4.87 Å². The molecule has 0 bridgehead atoms. The number of amides is 1. The molecule has 1 aromatic heterocycles. The van der Waals surface area contributed by atoms with E-state index >= 15 is 0 Å². The first kappa shape index (κ1) is 15.3. The minimum Gasteiger partial charge on any atom is -0.334 e. The summed E-state index contributed by atoms with van der Waals surface area (Å²) in [5.41, 5.74) is 1.90. The molecule has 0 N–H and O–H groups in total. The van der Waals surface area contributed by atoms with E-state index in [0.29, 0.717) is 5.02 Å². The number of benzene rings is 1. The van der Waals surface area contributed by atoms with Crippen molar-refractivity contribution in [3.05, 3.63) is 55.6 Å². The number of carbonyl (C=O) groups excluding carboxylic acids is 1. The van der Waals surface area contributed by atoms with Crippen LogP contribution in [0, 0.1) is 6.92 Å². The van der Waals surface area contributed by atoms with Crippen LogP contribution in [0.3, 0.4) is 0 Å². The Morgan fingerprint density at radius 1 is 1.45 bits per heavy atom. The van der Waals surface area contributed by atoms with Crippen LogP contribution in [0.2, 0.25) is 5.02 Å². The molecule has 1 unspecified atom stereocenters. The van der Waals surface area contributed by atoms with Crippen molar-refractivity contribution in [3.8, 4) is 0 Å². The minimum atomic E-state index is -0.0793. The number of halogens is 1. The van der Waals surface area contributed by atoms with Gasteiger partial charge in [0.25, 0.3) is 0 Å². The maximum atomic E-state index is 12.6. The first-order valence-electron chi connectivity index (χ1n) is 7.26. The van der Waals surface area contributed by atoms with Crippen LogP contribution < -0.4 is 4.87 Å². The van der Waals surface area contributed by atoms with Gasteiger partial charge in [-0.15, -0.1) is 0 Å². The zero-order valence-electron chi connectivity index (χ0n) is 12.3. The number of rotatable bonds is 3. The van der Waals surface area contributed by atoms with E-state index in [2.05, 4.69) is 0 Å². The predicted octanol–water partition coefficient (Wildman–Crippen LogP) is 3.24. The van der Waals surface area contributed by atoms with Crippen LogP contribution in [-0.4, -0.2) is 21.9 Å². The molecule has 0 spiro atoms. The van der Waals surface area contributed by atoms with E-state index in [1.54, 1.807) is 9.95 Å². The Hall–Kier alpha value is -1.59. The molecule has 116 valence electrons. The number of likely N-dealkylation sites (tertiary alicyclic amines) is 1. The molecule has 2 heterocycles. The fourth-order valence-corrected chi connectivity index (χ4v) is 3.88. The molecule has 0 radical (unpaired) electrons. The molecule has 1 saturated heterocycles. The number of thiazole rings is 1. The largest absolute Gasteiger partial charge is 0.334 e. The molecular formula is C16H17ClN2O2S. The van der Waals surface area contributed by atoms with Gasteiger partial charge in [-0.05, 0) is 37.5 Å². The summed E-state index contributed by atoms with van der Waals surface area (Å²) in [7, 11) is 0. The molecule has 0 saturated carbocycles. The Morgan fingerprint density at radius 3 is 2.95 bits per heavy atom. The molecule has 6 heteroatoms. The molecule has 22 heavy (non-hydrogen) atoms. The van der Waals surface area contributed by atoms with Crippen molar-refractivity contribution in [2.24, 2.45) is 0 Å². The molecule has 1 aromatic carbocycles. The molecule has 0 aliphatic carbocycles. The third-order valence-corrected chi connectivity index (χ3v) is 5.19. The highest BCUT2D eigenvalue weighted by Crippen LogP contribution is 2.33. The first-order chi connectivity index (χ1) is 10.6. The molecule has 1 amide bonds. The Morgan fingerprint density at radius 2 is 2.27 bits per heavy atom. The third-order valence-electron chi connectivity index (χ3n) is 4.08. The van der Waals surface area contributed by atoms with Crippen LogP contribution in [0.15, 0.2) is 34.4 Å². The topological polar surface area (TPSA) is 42.3 Å². The maximum Gasteiger partial charge on any atom is 0.307 e. The van der Waals surface area contributed by atoms with E-state index in [0.717, 1.165) is 42.0 Å². The summed E-state index contributed by atoms with van der Waals surface area (Å²) in [6.07, 6.45) is 1.91. The second kappa shape index (κ2) is 6.26. The lowest BCUT2D eigenvalue weighted by Gasteiger charge is -2.25. The molecule has 3 rings (SSSR count). The maximum absolute atomic E-state index is 12.6. The van der Waals surface area contributed by atoms with Crippen molar-refractivity contribution in [3.63, 3.8) is 0 Å². The quantitative estimate of drug-likeness (QED) is 0.863. The highest BCUT2D eigenvalue weighted by atomic mass is 35.5. The summed E-state index contributed by atoms with van der Waals surface area (Å²) in [4.78, 5) is 26.2. The van der Waals surface area contributed by atoms with Crippen LogP contribution >= 0.6 is 22.9 Å². The minimum absolute atomic E-state index is 0.00826. The lowest BCUT2D eigenvalue weighted by molar-refractivity contribution is -0.132. The normalized spacial score (nSPS) is 17.9. The zero-order chi connectivity index (χ0) is 15.7. The van der Waals surface area contributed by atoms with E-state index in [1.807, 2.05) is 36.1 Å². The summed E-state index contributed by atoms with van der Waals surface area (Å²) in [6, 6.07) is 7.72. The van der Waals surface area contributed by atoms with Gasteiger partial charge in [0, 0.05) is 22.6 Å². The van der Waals surface area contributed by atoms with Gasteiger partial charge in [0.2, 0.25) is 5.91 Å². The van der Waals surface area contributed by atoms with Gasteiger partial charge in [0.05, 0.1) is 6.04 Å². The molecule has 1 atom stereocenters. The van der Waals surface area contributed by atoms with Crippen LogP contribution in [-0.2, 0) is 11.3 Å². The summed E-state index contributed by atoms with van der Waals surface area (Å²) >= 11 is 7.19. The second-order valence-electron chi connectivity index (χ2n) is 5.53. The van der Waals surface area contributed by atoms with E-state index in [1.165, 1.54) is 0 Å². The highest BCUT2D eigenvalue weighted by Gasteiger charge is 2.30. The van der Waals surface area contributed by atoms with E-state index in [-0.39, 0.29) is 23.4 Å². The van der Waals surface area contributed by atoms with Gasteiger partial charge < -0.3 is 4.90 Å². The Labute approximate surface area is 137 Å². The lowest BCUT2D eigenvalue weighted by atomic mass is 10.0. The Kier molecular flexibility index (Phi) is 4.36. The molecule has 2 aromatic rings. The molecule has 4 nitrogen and oxygen atoms in total. The predicted molar refractivity (Wildman–Crippen MR) is 88.5 cm³/mol. The monoisotopic (exact) mass is 336 g/mol. The number of aryl methyl sites for hydroxylation is 1. The van der Waals surface area contributed by atoms with Crippen LogP contribution in [0.25, 0.3) is 0 Å². The van der Waals surface area contributed by atoms with E-state index in [4.69, 9.17) is 11.6 Å². The highest BCUT2D eigenvalue weighted by molar-refractivity contribution is 7.07. The van der Waals surface area contributed by atoms with Crippen LogP contribution in [0.5, 0.6) is 0 Å². The van der Waals surface area contributed by atoms with Crippen LogP contribution in [0.4, 0.5) is 0 Å². The van der Waals surface area contributed by atoms with Gasteiger partial charge in [-0.25, -0.2) is 0 Å². The van der Waals surface area contributed by atoms with Crippen LogP contribution in [0.1, 0.15) is 30.1 Å². The SMILES string of the molecule is Cc1csc(=O)n1CC(=O)N1CCCC1c1cccc(Cl)c1. The molecule has 1 aliphatic rings. The zero-order valence-corrected chi connectivity index (χ0v) is 13.9. The van der Waals surface area contributed by atoms with Gasteiger partial charge in [0.15, 0.2) is 0 Å². The number of aromatic nitrogens is 1. The van der Waals surface area contributed by atoms with Crippen molar-refractivity contribution in [1.82, 2.24) is 9.47 Å². The first-order valence-corrected chi connectivity index (χ1v) is 8.52. The van der Waals surface area contributed by atoms with Gasteiger partial charge in [-0.3, -0.25) is 14.2 Å². The average molecular weight is 337 g/mol. The lowest BCUT2D eigenvalue weighted by Crippen LogP contribution is -2.35. The average Bonchev–Trinajstić information content (AvgIpc) is 3.09. The van der Waals surface area contributed by atoms with Gasteiger partial charge in [-0.1, -0.05) is 35.1 Å². The van der Waals surface area contributed by atoms with Gasteiger partial charge in [-0.2, -0.15) is 0 Å². The van der Waals surface area contributed by atoms with Crippen molar-refractivity contribution >= 4 is 28.8 Å². The summed E-state index contributed by atoms with van der Waals surface area (Å²) < 4.78 is 1.54. The van der Waals surface area contributed by atoms with Gasteiger partial charge in [0.1, 0.15) is 6.54 Å². The fraction of sp³-hybridized carbons (Fsp3) is 0.375. The standard InChI is InChI=1S/C16H17ClN2O2S/c1-11-10-22-16(21)19(11)9-15(20)18-7-3-6-14(18)12-4-2-5-13(17)8-12/h2,4-5,8,10,14H,3,6-7,9H2,1H3. The number of hydrogen-bond acceptors (Lipinski definition) is 3. The van der Waals surface area contributed by atoms with E-state index < -0.39 is 0 Å². The van der Waals surface area contributed by atoms with Crippen molar-refractivity contribution in [1.29, 1.82) is 0 Å². The third kappa shape index (κ3) is 2.96. The number of hydrogen-bond donors (Lipinski definition) is 0. The molecule has 1 fully saturated rings. The fourth-order valence-electron chi connectivity index (χ4n) is 2.95. The summed E-state index contributed by atoms with van der Waals surface area (Å²) in [5, 5.41) is 2.47. The second-order valence-corrected chi connectivity index (χ2v) is 6.79. The van der Waals surface area contributed by atoms with E-state index in [9.17, 15) is 9.59 Å². The number of nitrogens with zero attached hydrogens (tertiary/aromatic N) is 2. The summed E-state index contributed by atoms with van der Waals surface area (Å²) in [5.74, 6) is -0.00826. The summed E-state index contributed by atoms with van der Waals surface area (Å²) in [6.45, 7) is 2.70. The van der Waals surface area contributed by atoms with Crippen molar-refractivity contribution in [2.75, 3.05) is 6.54 Å². The number of carbonyl (C=O) groups is 1. The molecular weight excluding hydrogens is 320 g/mol. The Bertz CT molecular complexity index is 753. The van der Waals surface area contributed by atoms with Crippen molar-refractivity contribution < 1.29 is 4.79 Å². The van der Waals surface area contributed by atoms with Crippen molar-refractivity contribution in [2.45, 2.75) is 32.4 Å². The smallest absolute Gasteiger partial charge is 0.307 e. The molecule has 1 aliphatic heterocycles.